The first kappa shape index (κ1) is 18.2. The Hall–Kier alpha value is -3.15. The van der Waals surface area contributed by atoms with E-state index in [1.165, 1.54) is 0 Å². The van der Waals surface area contributed by atoms with Crippen LogP contribution in [0.3, 0.4) is 0 Å². The summed E-state index contributed by atoms with van der Waals surface area (Å²) < 4.78 is 0. The van der Waals surface area contributed by atoms with E-state index in [1.54, 1.807) is 0 Å². The van der Waals surface area contributed by atoms with Gasteiger partial charge in [0.15, 0.2) is 0 Å². The molecule has 6 heteroatoms. The van der Waals surface area contributed by atoms with Crippen molar-refractivity contribution in [3.63, 3.8) is 0 Å². The van der Waals surface area contributed by atoms with Gasteiger partial charge in [-0.15, -0.1) is 0 Å². The largest absolute Gasteiger partial charge is 0.479 e. The molecule has 0 aliphatic rings. The van der Waals surface area contributed by atoms with E-state index in [9.17, 15) is 14.4 Å². The molecule has 1 amide bonds. The van der Waals surface area contributed by atoms with Crippen molar-refractivity contribution in [1.29, 1.82) is 0 Å². The van der Waals surface area contributed by atoms with Crippen molar-refractivity contribution in [2.24, 2.45) is 5.92 Å². The van der Waals surface area contributed by atoms with Crippen LogP contribution >= 0.6 is 0 Å². The number of amides is 1. The molecule has 0 aliphatic heterocycles. The van der Waals surface area contributed by atoms with Gasteiger partial charge in [-0.2, -0.15) is 0 Å². The van der Waals surface area contributed by atoms with Crippen molar-refractivity contribution < 1.29 is 24.6 Å². The minimum Gasteiger partial charge on any atom is -0.479 e. The molecule has 2 aromatic carbocycles. The zero-order chi connectivity index (χ0) is 18.2. The lowest BCUT2D eigenvalue weighted by molar-refractivity contribution is -0.153. The van der Waals surface area contributed by atoms with Crippen molar-refractivity contribution in [3.05, 3.63) is 71.8 Å². The zero-order valence-corrected chi connectivity index (χ0v) is 13.5. The van der Waals surface area contributed by atoms with E-state index in [4.69, 9.17) is 10.2 Å². The normalized spacial score (nSPS) is 10.6. The Kier molecular flexibility index (Phi) is 6.28. The highest BCUT2D eigenvalue weighted by atomic mass is 16.4. The molecule has 0 aromatic heterocycles. The number of hydrogen-bond acceptors (Lipinski definition) is 3. The molecule has 0 heterocycles. The maximum atomic E-state index is 12.5. The Morgan fingerprint density at radius 1 is 0.760 bits per heavy atom. The second-order valence-electron chi connectivity index (χ2n) is 5.69. The molecule has 6 nitrogen and oxygen atoms in total. The minimum atomic E-state index is -1.96. The summed E-state index contributed by atoms with van der Waals surface area (Å²) in [6, 6.07) is 16.7. The topological polar surface area (TPSA) is 104 Å². The molecule has 0 aliphatic carbocycles. The average Bonchev–Trinajstić information content (AvgIpc) is 2.60. The molecule has 2 rings (SSSR count). The molecule has 0 fully saturated rings. The predicted molar refractivity (Wildman–Crippen MR) is 91.0 cm³/mol. The molecule has 25 heavy (non-hydrogen) atoms. The van der Waals surface area contributed by atoms with Gasteiger partial charge in [-0.25, -0.2) is 9.59 Å². The average molecular weight is 341 g/mol. The highest BCUT2D eigenvalue weighted by molar-refractivity contribution is 6.01. The van der Waals surface area contributed by atoms with Crippen LogP contribution in [0, 0.1) is 5.92 Å². The molecule has 2 aromatic rings. The van der Waals surface area contributed by atoms with Gasteiger partial charge in [0.05, 0.1) is 0 Å². The van der Waals surface area contributed by atoms with Gasteiger partial charge in [0.1, 0.15) is 0 Å². The maximum Gasteiger partial charge on any atom is 0.338 e. The summed E-state index contributed by atoms with van der Waals surface area (Å²) in [6.45, 7) is 0. The second-order valence-corrected chi connectivity index (χ2v) is 5.69. The molecule has 0 saturated carbocycles. The van der Waals surface area contributed by atoms with Crippen LogP contribution in [0.5, 0.6) is 0 Å². The predicted octanol–water partition coefficient (Wildman–Crippen LogP) is 1.74. The van der Waals surface area contributed by atoms with Gasteiger partial charge in [-0.3, -0.25) is 4.79 Å². The first-order chi connectivity index (χ1) is 12.0. The Morgan fingerprint density at radius 2 is 1.16 bits per heavy atom. The molecule has 0 atom stereocenters. The minimum absolute atomic E-state index is 0.382. The first-order valence-corrected chi connectivity index (χ1v) is 7.81. The fourth-order valence-corrected chi connectivity index (χ4v) is 2.54. The second kappa shape index (κ2) is 8.63. The molecule has 3 N–H and O–H groups in total. The van der Waals surface area contributed by atoms with Gasteiger partial charge >= 0.3 is 11.9 Å². The van der Waals surface area contributed by atoms with Crippen LogP contribution in [0.1, 0.15) is 11.1 Å². The van der Waals surface area contributed by atoms with E-state index in [1.807, 2.05) is 60.7 Å². The van der Waals surface area contributed by atoms with Crippen molar-refractivity contribution in [2.45, 2.75) is 18.9 Å². The third kappa shape index (κ3) is 5.46. The van der Waals surface area contributed by atoms with Crippen LogP contribution in [-0.4, -0.2) is 34.1 Å². The quantitative estimate of drug-likeness (QED) is 0.635. The Balaban J connectivity index is 2.19. The summed E-state index contributed by atoms with van der Waals surface area (Å²) in [6.07, 6.45) is 0.765. The van der Waals surface area contributed by atoms with Crippen LogP contribution < -0.4 is 5.32 Å². The molecule has 0 bridgehead atoms. The van der Waals surface area contributed by atoms with E-state index in [-0.39, 0.29) is 0 Å². The summed E-state index contributed by atoms with van der Waals surface area (Å²) in [4.78, 5) is 34.6. The van der Waals surface area contributed by atoms with Crippen molar-refractivity contribution in [1.82, 2.24) is 5.32 Å². The molecular weight excluding hydrogens is 322 g/mol. The lowest BCUT2D eigenvalue weighted by Crippen LogP contribution is -2.49. The fourth-order valence-electron chi connectivity index (χ4n) is 2.54. The summed E-state index contributed by atoms with van der Waals surface area (Å²) in [7, 11) is 0. The third-order valence-corrected chi connectivity index (χ3v) is 3.80. The van der Waals surface area contributed by atoms with Gasteiger partial charge in [-0.1, -0.05) is 60.7 Å². The Morgan fingerprint density at radius 3 is 1.52 bits per heavy atom. The van der Waals surface area contributed by atoms with E-state index >= 15 is 0 Å². The number of benzene rings is 2. The first-order valence-electron chi connectivity index (χ1n) is 7.81. The number of nitrogens with one attached hydrogen (secondary N) is 1. The molecule has 0 radical (unpaired) electrons. The summed E-state index contributed by atoms with van der Waals surface area (Å²) >= 11 is 0. The van der Waals surface area contributed by atoms with Gasteiger partial charge in [0, 0.05) is 5.92 Å². The third-order valence-electron chi connectivity index (χ3n) is 3.80. The molecular formula is C19H19NO5. The highest BCUT2D eigenvalue weighted by Gasteiger charge is 2.30. The van der Waals surface area contributed by atoms with E-state index in [0.717, 1.165) is 11.1 Å². The lowest BCUT2D eigenvalue weighted by Gasteiger charge is -2.19. The van der Waals surface area contributed by atoms with Crippen LogP contribution in [-0.2, 0) is 27.2 Å². The number of carbonyl (C=O) groups excluding carboxylic acids is 1. The number of carboxylic acids is 2. The molecule has 0 saturated heterocycles. The van der Waals surface area contributed by atoms with Crippen LogP contribution in [0.25, 0.3) is 0 Å². The zero-order valence-electron chi connectivity index (χ0n) is 13.5. The molecule has 0 unspecified atom stereocenters. The maximum absolute atomic E-state index is 12.5. The smallest absolute Gasteiger partial charge is 0.338 e. The van der Waals surface area contributed by atoms with Crippen molar-refractivity contribution >= 4 is 17.8 Å². The van der Waals surface area contributed by atoms with Crippen LogP contribution in [0.4, 0.5) is 0 Å². The highest BCUT2D eigenvalue weighted by Crippen LogP contribution is 2.15. The van der Waals surface area contributed by atoms with E-state index < -0.39 is 29.8 Å². The van der Waals surface area contributed by atoms with Crippen LogP contribution in [0.15, 0.2) is 60.7 Å². The number of carboxylic acid groups (broad SMARTS) is 2. The molecule has 130 valence electrons. The van der Waals surface area contributed by atoms with Gasteiger partial charge in [-0.05, 0) is 24.0 Å². The fraction of sp³-hybridized carbons (Fsp3) is 0.211. The Bertz CT molecular complexity index is 674. The van der Waals surface area contributed by atoms with Gasteiger partial charge in [0.25, 0.3) is 0 Å². The SMILES string of the molecule is O=C(NC(C(=O)O)C(=O)O)C(Cc1ccccc1)Cc1ccccc1. The Labute approximate surface area is 145 Å². The van der Waals surface area contributed by atoms with Gasteiger partial charge in [0.2, 0.25) is 11.9 Å². The standard InChI is InChI=1S/C19H19NO5/c21-17(20-16(18(22)23)19(24)25)15(11-13-7-3-1-4-8-13)12-14-9-5-2-6-10-14/h1-10,15-16H,11-12H2,(H,20,21)(H,22,23)(H,24,25). The monoisotopic (exact) mass is 341 g/mol. The van der Waals surface area contributed by atoms with E-state index in [2.05, 4.69) is 5.32 Å². The molecule has 0 spiro atoms. The number of carbonyl (C=O) groups is 3. The van der Waals surface area contributed by atoms with E-state index in [0.29, 0.717) is 12.8 Å². The number of aliphatic carboxylic acids is 2. The van der Waals surface area contributed by atoms with Crippen molar-refractivity contribution in [3.8, 4) is 0 Å². The number of rotatable bonds is 8. The summed E-state index contributed by atoms with van der Waals surface area (Å²) in [5.74, 6) is -4.37. The number of hydrogen-bond donors (Lipinski definition) is 3. The summed E-state index contributed by atoms with van der Waals surface area (Å²) in [5.41, 5.74) is 1.83. The lowest BCUT2D eigenvalue weighted by atomic mass is 9.91. The van der Waals surface area contributed by atoms with Gasteiger partial charge < -0.3 is 15.5 Å². The van der Waals surface area contributed by atoms with Crippen molar-refractivity contribution in [2.75, 3.05) is 0 Å². The van der Waals surface area contributed by atoms with Crippen LogP contribution in [0.2, 0.25) is 0 Å². The summed E-state index contributed by atoms with van der Waals surface area (Å²) in [5, 5.41) is 20.0.